The zero-order valence-corrected chi connectivity index (χ0v) is 23.5. The van der Waals surface area contributed by atoms with E-state index in [0.29, 0.717) is 0 Å². The first-order valence-corrected chi connectivity index (χ1v) is 15.1. The number of sulfone groups is 2. The van der Waals surface area contributed by atoms with Crippen LogP contribution in [0.2, 0.25) is 0 Å². The minimum Gasteiger partial charge on any atom is -0.327 e. The van der Waals surface area contributed by atoms with Gasteiger partial charge < -0.3 is 4.48 Å². The van der Waals surface area contributed by atoms with Crippen LogP contribution in [0, 0.1) is 5.41 Å². The van der Waals surface area contributed by atoms with E-state index < -0.39 is 51.8 Å². The summed E-state index contributed by atoms with van der Waals surface area (Å²) in [5.74, 6) is 0. The molecule has 1 aromatic rings. The molecular weight excluding hydrogens is 570 g/mol. The average Bonchev–Trinajstić information content (AvgIpc) is 3.22. The van der Waals surface area contributed by atoms with Crippen molar-refractivity contribution in [1.82, 2.24) is 0 Å². The molecule has 0 aromatic heterocycles. The van der Waals surface area contributed by atoms with E-state index in [4.69, 9.17) is 5.41 Å². The summed E-state index contributed by atoms with van der Waals surface area (Å²) < 4.78 is 127. The quantitative estimate of drug-likeness (QED) is 0.217. The number of hydrogen-bond acceptors (Lipinski definition) is 5. The first kappa shape index (κ1) is 32.8. The Bertz CT molecular complexity index is 1420. The molecule has 1 aromatic carbocycles. The monoisotopic (exact) mass is 601 g/mol. The van der Waals surface area contributed by atoms with Crippen LogP contribution in [0.15, 0.2) is 45.7 Å². The lowest BCUT2D eigenvalue weighted by atomic mass is 9.95. The Morgan fingerprint density at radius 2 is 1.33 bits per heavy atom. The van der Waals surface area contributed by atoms with Crippen molar-refractivity contribution in [1.29, 1.82) is 5.41 Å². The Balaban J connectivity index is 0.000000411. The molecule has 0 heterocycles. The second-order valence-electron chi connectivity index (χ2n) is 9.35. The number of nitrogens with one attached hydrogen (secondary N) is 1. The van der Waals surface area contributed by atoms with Gasteiger partial charge in [0.2, 0.25) is 0 Å². The number of rotatable bonds is 8. The Hall–Kier alpha value is -2.45. The van der Waals surface area contributed by atoms with Crippen LogP contribution in [-0.4, -0.2) is 64.7 Å². The second-order valence-corrected chi connectivity index (χ2v) is 13.1. The molecule has 39 heavy (non-hydrogen) atoms. The van der Waals surface area contributed by atoms with E-state index in [-0.39, 0.29) is 22.8 Å². The Labute approximate surface area is 224 Å². The highest BCUT2D eigenvalue weighted by atomic mass is 32.2. The summed E-state index contributed by atoms with van der Waals surface area (Å²) in [6, 6.07) is 5.69. The lowest BCUT2D eigenvalue weighted by molar-refractivity contribution is -0.906. The molecule has 6 nitrogen and oxygen atoms in total. The third-order valence-corrected chi connectivity index (χ3v) is 10.0. The summed E-state index contributed by atoms with van der Waals surface area (Å²) in [5.41, 5.74) is -13.9. The predicted octanol–water partition coefficient (Wildman–Crippen LogP) is 6.24. The van der Waals surface area contributed by atoms with E-state index in [1.54, 1.807) is 0 Å². The van der Waals surface area contributed by atoms with Crippen molar-refractivity contribution in [2.75, 3.05) is 26.7 Å². The maximum absolute atomic E-state index is 13.0. The van der Waals surface area contributed by atoms with Gasteiger partial charge in [0, 0.05) is 5.57 Å². The van der Waals surface area contributed by atoms with Crippen LogP contribution in [0.4, 0.5) is 26.3 Å². The normalized spacial score (nSPS) is 16.2. The molecule has 218 valence electrons. The number of alkyl halides is 6. The highest BCUT2D eigenvalue weighted by Crippen LogP contribution is 2.47. The summed E-state index contributed by atoms with van der Waals surface area (Å²) in [5, 5.41) is 7.82. The van der Waals surface area contributed by atoms with Crippen LogP contribution in [0.3, 0.4) is 0 Å². The maximum Gasteiger partial charge on any atom is 0.502 e. The molecule has 0 bridgehead atoms. The molecule has 14 heteroatoms. The van der Waals surface area contributed by atoms with Gasteiger partial charge in [-0.15, -0.1) is 0 Å². The van der Waals surface area contributed by atoms with E-state index >= 15 is 0 Å². The van der Waals surface area contributed by atoms with Gasteiger partial charge in [0.05, 0.1) is 37.3 Å². The smallest absolute Gasteiger partial charge is 0.327 e. The van der Waals surface area contributed by atoms with Crippen molar-refractivity contribution in [3.8, 4) is 0 Å². The number of quaternary nitrogens is 1. The van der Waals surface area contributed by atoms with Crippen LogP contribution >= 0.6 is 0 Å². The van der Waals surface area contributed by atoms with E-state index in [9.17, 15) is 43.2 Å². The molecule has 0 atom stereocenters. The largest absolute Gasteiger partial charge is 0.502 e. The summed E-state index contributed by atoms with van der Waals surface area (Å²) in [7, 11) is -10.7. The van der Waals surface area contributed by atoms with Crippen LogP contribution in [-0.2, 0) is 19.7 Å². The topological polar surface area (TPSA) is 92.1 Å². The number of halogens is 6. The van der Waals surface area contributed by atoms with Gasteiger partial charge in [0.15, 0.2) is 0 Å². The first-order valence-electron chi connectivity index (χ1n) is 12.1. The third kappa shape index (κ3) is 6.49. The molecule has 1 N–H and O–H groups in total. The second kappa shape index (κ2) is 11.6. The molecule has 0 radical (unpaired) electrons. The van der Waals surface area contributed by atoms with Gasteiger partial charge in [-0.2, -0.15) is 26.3 Å². The molecule has 0 amide bonds. The standard InChI is InChI=1S/C15H7F6NO4S2.C10H24N/c16-14(17,18)27(23,24)11-6-9-8-4-2-1-3-7(8)5-10(9)12(22)13(11)28(25,26)15(19,20)21;1-5-8-9-10-11(4,6-2)7-3/h1-6,22H;5-10H2,1-4H3/q;+1. The van der Waals surface area contributed by atoms with Gasteiger partial charge >= 0.3 is 11.0 Å². The van der Waals surface area contributed by atoms with E-state index in [1.807, 2.05) is 0 Å². The minimum absolute atomic E-state index is 0.153. The van der Waals surface area contributed by atoms with E-state index in [2.05, 4.69) is 27.8 Å². The molecule has 0 spiro atoms. The molecule has 2 aliphatic carbocycles. The van der Waals surface area contributed by atoms with Gasteiger partial charge in [-0.3, -0.25) is 5.41 Å². The van der Waals surface area contributed by atoms with Crippen molar-refractivity contribution in [2.45, 2.75) is 51.1 Å². The van der Waals surface area contributed by atoms with Gasteiger partial charge in [-0.1, -0.05) is 37.6 Å². The number of nitrogens with zero attached hydrogens (tertiary/aromatic N) is 1. The number of allylic oxidation sites excluding steroid dienone is 4. The van der Waals surface area contributed by atoms with E-state index in [0.717, 1.165) is 6.08 Å². The van der Waals surface area contributed by atoms with Crippen molar-refractivity contribution in [3.05, 3.63) is 56.9 Å². The Morgan fingerprint density at radius 1 is 0.795 bits per heavy atom. The first-order chi connectivity index (χ1) is 17.8. The average molecular weight is 602 g/mol. The summed E-state index contributed by atoms with van der Waals surface area (Å²) in [4.78, 5) is -4.38. The molecular formula is C25H31F6N2O4S2+. The molecule has 0 fully saturated rings. The number of hydrogen-bond donors (Lipinski definition) is 1. The zero-order valence-electron chi connectivity index (χ0n) is 21.9. The fourth-order valence-corrected chi connectivity index (χ4v) is 6.50. The van der Waals surface area contributed by atoms with Crippen LogP contribution in [0.25, 0.3) is 11.6 Å². The van der Waals surface area contributed by atoms with Crippen LogP contribution in [0.1, 0.15) is 51.2 Å². The van der Waals surface area contributed by atoms with Crippen molar-refractivity contribution >= 4 is 37.0 Å². The van der Waals surface area contributed by atoms with Gasteiger partial charge in [0.25, 0.3) is 19.7 Å². The Morgan fingerprint density at radius 3 is 1.82 bits per heavy atom. The van der Waals surface area contributed by atoms with Crippen molar-refractivity contribution in [2.24, 2.45) is 0 Å². The fourth-order valence-electron chi connectivity index (χ4n) is 4.04. The number of fused-ring (bicyclic) bond motifs is 3. The summed E-state index contributed by atoms with van der Waals surface area (Å²) in [6.45, 7) is 10.8. The predicted molar refractivity (Wildman–Crippen MR) is 139 cm³/mol. The molecule has 2 aliphatic rings. The molecule has 0 saturated carbocycles. The lowest BCUT2D eigenvalue weighted by Gasteiger charge is -2.32. The molecule has 0 saturated heterocycles. The van der Waals surface area contributed by atoms with Crippen molar-refractivity contribution < 1.29 is 47.7 Å². The van der Waals surface area contributed by atoms with Gasteiger partial charge in [-0.25, -0.2) is 16.8 Å². The molecule has 0 unspecified atom stereocenters. The fraction of sp³-hybridized carbons (Fsp3) is 0.480. The highest BCUT2D eigenvalue weighted by molar-refractivity contribution is 8.00. The molecule has 0 aliphatic heterocycles. The number of benzene rings is 1. The number of unbranched alkanes of at least 4 members (excludes halogenated alkanes) is 2. The van der Waals surface area contributed by atoms with Gasteiger partial charge in [-0.05, 0) is 55.5 Å². The van der Waals surface area contributed by atoms with Crippen molar-refractivity contribution in [3.63, 3.8) is 0 Å². The van der Waals surface area contributed by atoms with E-state index in [1.165, 1.54) is 67.6 Å². The van der Waals surface area contributed by atoms with Crippen LogP contribution < -0.4 is 0 Å². The van der Waals surface area contributed by atoms with Crippen LogP contribution in [0.5, 0.6) is 0 Å². The maximum atomic E-state index is 13.0. The highest BCUT2D eigenvalue weighted by Gasteiger charge is 2.57. The summed E-state index contributed by atoms with van der Waals surface area (Å²) in [6.07, 6.45) is 5.46. The zero-order chi connectivity index (χ0) is 30.0. The minimum atomic E-state index is -6.58. The third-order valence-electron chi connectivity index (χ3n) is 6.83. The SMILES string of the molecule is CCCCC[N+](C)(CC)CC.N=C1C2=Cc3ccccc3C2=CC(S(=O)(=O)C(F)(F)F)=C1S(=O)(=O)C(F)(F)F. The Kier molecular flexibility index (Phi) is 9.72. The van der Waals surface area contributed by atoms with Gasteiger partial charge in [0.1, 0.15) is 4.91 Å². The summed E-state index contributed by atoms with van der Waals surface area (Å²) >= 11 is 0. The molecule has 3 rings (SSSR count). The lowest BCUT2D eigenvalue weighted by Crippen LogP contribution is -2.44.